The van der Waals surface area contributed by atoms with Gasteiger partial charge in [0.05, 0.1) is 25.4 Å². The highest BCUT2D eigenvalue weighted by atomic mass is 16.5. The molecule has 2 aromatic heterocycles. The van der Waals surface area contributed by atoms with Crippen molar-refractivity contribution >= 4 is 5.91 Å². The summed E-state index contributed by atoms with van der Waals surface area (Å²) >= 11 is 0. The molecule has 3 atom stereocenters. The zero-order chi connectivity index (χ0) is 18.8. The molecule has 1 aliphatic heterocycles. The van der Waals surface area contributed by atoms with Gasteiger partial charge in [-0.3, -0.25) is 9.78 Å². The molecule has 0 radical (unpaired) electrons. The number of nitrogens with zero attached hydrogens (tertiary/aromatic N) is 4. The van der Waals surface area contributed by atoms with Gasteiger partial charge in [-0.1, -0.05) is 0 Å². The van der Waals surface area contributed by atoms with E-state index in [1.54, 1.807) is 12.4 Å². The Hall–Kier alpha value is -2.38. The number of hydrogen-bond donors (Lipinski definition) is 0. The Morgan fingerprint density at radius 3 is 2.89 bits per heavy atom. The lowest BCUT2D eigenvalue weighted by molar-refractivity contribution is -0.0598. The van der Waals surface area contributed by atoms with Crippen LogP contribution in [0.4, 0.5) is 0 Å². The van der Waals surface area contributed by atoms with Gasteiger partial charge in [-0.2, -0.15) is 0 Å². The van der Waals surface area contributed by atoms with Gasteiger partial charge in [-0.05, 0) is 44.4 Å². The second-order valence-corrected chi connectivity index (χ2v) is 7.12. The summed E-state index contributed by atoms with van der Waals surface area (Å²) in [6, 6.07) is 3.88. The van der Waals surface area contributed by atoms with E-state index in [2.05, 4.69) is 15.0 Å². The maximum absolute atomic E-state index is 13.2. The summed E-state index contributed by atoms with van der Waals surface area (Å²) in [5.41, 5.74) is 3.19. The van der Waals surface area contributed by atoms with Crippen LogP contribution < -0.4 is 0 Å². The fraction of sp³-hybridized carbons (Fsp3) is 0.500. The van der Waals surface area contributed by atoms with Crippen molar-refractivity contribution in [3.05, 3.63) is 53.4 Å². The van der Waals surface area contributed by atoms with Gasteiger partial charge in [0.15, 0.2) is 0 Å². The van der Waals surface area contributed by atoms with Crippen LogP contribution in [-0.4, -0.2) is 57.2 Å². The first kappa shape index (κ1) is 18.0. The Morgan fingerprint density at radius 1 is 1.26 bits per heavy atom. The van der Waals surface area contributed by atoms with E-state index in [9.17, 15) is 4.79 Å². The summed E-state index contributed by atoms with van der Waals surface area (Å²) in [6.45, 7) is 5.34. The van der Waals surface area contributed by atoms with Crippen molar-refractivity contribution in [3.8, 4) is 0 Å². The van der Waals surface area contributed by atoms with Crippen LogP contribution in [0.15, 0.2) is 30.9 Å². The molecule has 1 saturated carbocycles. The smallest absolute Gasteiger partial charge is 0.273 e. The topological polar surface area (TPSA) is 77.4 Å². The number of rotatable bonds is 4. The van der Waals surface area contributed by atoms with Crippen LogP contribution in [0, 0.1) is 13.8 Å². The van der Waals surface area contributed by atoms with Crippen LogP contribution >= 0.6 is 0 Å². The number of hydrogen-bond acceptors (Lipinski definition) is 6. The van der Waals surface area contributed by atoms with E-state index in [0.29, 0.717) is 25.5 Å². The molecule has 2 bridgehead atoms. The lowest BCUT2D eigenvalue weighted by Crippen LogP contribution is -2.47. The monoisotopic (exact) mass is 368 g/mol. The van der Waals surface area contributed by atoms with Gasteiger partial charge in [0.25, 0.3) is 5.91 Å². The Labute approximate surface area is 158 Å². The second kappa shape index (κ2) is 7.70. The van der Waals surface area contributed by atoms with Crippen LogP contribution in [0.25, 0.3) is 0 Å². The standard InChI is InChI=1S/C20H24N4O3/c1-13-14(2)22-12-23-18(13)20(25)24-9-10-26-17-4-3-16(24)19(17)27-11-15-5-7-21-8-6-15/h5-8,12,16-17,19H,3-4,9-11H2,1-2H3. The number of amides is 1. The number of carbonyl (C=O) groups excluding carboxylic acids is 1. The van der Waals surface area contributed by atoms with Crippen LogP contribution in [0.1, 0.15) is 40.2 Å². The molecule has 4 rings (SSSR count). The lowest BCUT2D eigenvalue weighted by Gasteiger charge is -2.31. The normalized spacial score (nSPS) is 24.7. The summed E-state index contributed by atoms with van der Waals surface area (Å²) in [4.78, 5) is 27.6. The number of carbonyl (C=O) groups is 1. The van der Waals surface area contributed by atoms with Crippen molar-refractivity contribution in [2.24, 2.45) is 0 Å². The van der Waals surface area contributed by atoms with E-state index in [1.165, 1.54) is 6.33 Å². The summed E-state index contributed by atoms with van der Waals surface area (Å²) < 4.78 is 12.2. The molecule has 0 aromatic carbocycles. The van der Waals surface area contributed by atoms with Gasteiger partial charge in [-0.15, -0.1) is 0 Å². The average Bonchev–Trinajstić information content (AvgIpc) is 2.98. The van der Waals surface area contributed by atoms with Gasteiger partial charge in [0, 0.05) is 30.2 Å². The van der Waals surface area contributed by atoms with Gasteiger partial charge in [-0.25, -0.2) is 9.97 Å². The van der Waals surface area contributed by atoms with E-state index in [-0.39, 0.29) is 24.2 Å². The van der Waals surface area contributed by atoms with Crippen LogP contribution in [0.2, 0.25) is 0 Å². The number of aryl methyl sites for hydroxylation is 1. The van der Waals surface area contributed by atoms with Gasteiger partial charge < -0.3 is 14.4 Å². The highest BCUT2D eigenvalue weighted by molar-refractivity contribution is 5.94. The molecule has 7 nitrogen and oxygen atoms in total. The van der Waals surface area contributed by atoms with E-state index in [0.717, 1.165) is 29.7 Å². The van der Waals surface area contributed by atoms with E-state index in [4.69, 9.17) is 9.47 Å². The molecule has 142 valence electrons. The van der Waals surface area contributed by atoms with Crippen molar-refractivity contribution in [3.63, 3.8) is 0 Å². The van der Waals surface area contributed by atoms with Crippen LogP contribution in [-0.2, 0) is 16.1 Å². The number of aromatic nitrogens is 3. The van der Waals surface area contributed by atoms with Crippen LogP contribution in [0.5, 0.6) is 0 Å². The third-order valence-electron chi connectivity index (χ3n) is 5.55. The molecule has 0 N–H and O–H groups in total. The first-order valence-corrected chi connectivity index (χ1v) is 9.36. The number of pyridine rings is 1. The fourth-order valence-electron chi connectivity index (χ4n) is 3.92. The largest absolute Gasteiger partial charge is 0.374 e. The molecule has 2 aliphatic rings. The third-order valence-corrected chi connectivity index (χ3v) is 5.55. The lowest BCUT2D eigenvalue weighted by atomic mass is 10.1. The maximum atomic E-state index is 13.2. The van der Waals surface area contributed by atoms with Gasteiger partial charge >= 0.3 is 0 Å². The Bertz CT molecular complexity index is 814. The minimum atomic E-state index is -0.132. The molecule has 2 aromatic rings. The van der Waals surface area contributed by atoms with Crippen molar-refractivity contribution in [2.75, 3.05) is 13.2 Å². The predicted molar refractivity (Wildman–Crippen MR) is 98.1 cm³/mol. The molecule has 3 heterocycles. The highest BCUT2D eigenvalue weighted by Crippen LogP contribution is 2.33. The van der Waals surface area contributed by atoms with Gasteiger partial charge in [0.2, 0.25) is 0 Å². The molecule has 2 fully saturated rings. The number of ether oxygens (including phenoxy) is 2. The van der Waals surface area contributed by atoms with E-state index < -0.39 is 0 Å². The van der Waals surface area contributed by atoms with E-state index in [1.807, 2.05) is 30.9 Å². The summed E-state index contributed by atoms with van der Waals surface area (Å²) in [5, 5.41) is 0. The summed E-state index contributed by atoms with van der Waals surface area (Å²) in [6.07, 6.45) is 6.65. The van der Waals surface area contributed by atoms with Crippen molar-refractivity contribution in [1.82, 2.24) is 19.9 Å². The molecule has 3 unspecified atom stereocenters. The fourth-order valence-corrected chi connectivity index (χ4v) is 3.92. The highest BCUT2D eigenvalue weighted by Gasteiger charge is 2.45. The first-order valence-electron chi connectivity index (χ1n) is 9.36. The third kappa shape index (κ3) is 3.57. The Morgan fingerprint density at radius 2 is 2.07 bits per heavy atom. The quantitative estimate of drug-likeness (QED) is 0.822. The number of fused-ring (bicyclic) bond motifs is 2. The molecule has 1 amide bonds. The van der Waals surface area contributed by atoms with Crippen molar-refractivity contribution < 1.29 is 14.3 Å². The minimum Gasteiger partial charge on any atom is -0.374 e. The first-order chi connectivity index (χ1) is 13.1. The van der Waals surface area contributed by atoms with E-state index >= 15 is 0 Å². The second-order valence-electron chi connectivity index (χ2n) is 7.12. The molecule has 1 saturated heterocycles. The van der Waals surface area contributed by atoms with Gasteiger partial charge in [0.1, 0.15) is 18.1 Å². The SMILES string of the molecule is Cc1ncnc(C(=O)N2CCOC3CCC2C3OCc2ccncc2)c1C. The minimum absolute atomic E-state index is 0.00140. The molecule has 1 aliphatic carbocycles. The Kier molecular flexibility index (Phi) is 5.13. The average molecular weight is 368 g/mol. The molecule has 7 heteroatoms. The summed E-state index contributed by atoms with van der Waals surface area (Å²) in [5.74, 6) is -0.0633. The molecule has 27 heavy (non-hydrogen) atoms. The zero-order valence-corrected chi connectivity index (χ0v) is 15.7. The molecule has 0 spiro atoms. The predicted octanol–water partition coefficient (Wildman–Crippen LogP) is 2.08. The van der Waals surface area contributed by atoms with Crippen molar-refractivity contribution in [1.29, 1.82) is 0 Å². The molecular formula is C20H24N4O3. The van der Waals surface area contributed by atoms with Crippen molar-refractivity contribution in [2.45, 2.75) is 51.5 Å². The molecular weight excluding hydrogens is 344 g/mol. The summed E-state index contributed by atoms with van der Waals surface area (Å²) in [7, 11) is 0. The zero-order valence-electron chi connectivity index (χ0n) is 15.7. The Balaban J connectivity index is 1.55. The van der Waals surface area contributed by atoms with Crippen LogP contribution in [0.3, 0.4) is 0 Å². The maximum Gasteiger partial charge on any atom is 0.273 e.